The largest absolute Gasteiger partial charge is 0.490 e. The molecule has 18 heavy (non-hydrogen) atoms. The zero-order valence-corrected chi connectivity index (χ0v) is 10.4. The van der Waals surface area contributed by atoms with Crippen LogP contribution in [0.15, 0.2) is 18.2 Å². The van der Waals surface area contributed by atoms with Crippen molar-refractivity contribution in [2.75, 3.05) is 26.8 Å². The number of hydrogen-bond donors (Lipinski definition) is 2. The molecule has 0 radical (unpaired) electrons. The highest BCUT2D eigenvalue weighted by Crippen LogP contribution is 2.32. The quantitative estimate of drug-likeness (QED) is 0.825. The predicted molar refractivity (Wildman–Crippen MR) is 67.9 cm³/mol. The smallest absolute Gasteiger partial charge is 0.228 e. The first-order valence-electron chi connectivity index (χ1n) is 6.07. The summed E-state index contributed by atoms with van der Waals surface area (Å²) in [6.07, 6.45) is 0.861. The maximum absolute atomic E-state index is 11.7. The van der Waals surface area contributed by atoms with E-state index in [1.807, 2.05) is 18.2 Å². The topological polar surface area (TPSA) is 73.6 Å². The van der Waals surface area contributed by atoms with E-state index in [2.05, 4.69) is 5.32 Å². The zero-order chi connectivity index (χ0) is 13.0. The monoisotopic (exact) mass is 250 g/mol. The van der Waals surface area contributed by atoms with Gasteiger partial charge in [-0.1, -0.05) is 6.07 Å². The van der Waals surface area contributed by atoms with Crippen molar-refractivity contribution in [1.29, 1.82) is 0 Å². The van der Waals surface area contributed by atoms with Gasteiger partial charge < -0.3 is 20.5 Å². The average Bonchev–Trinajstić information content (AvgIpc) is 2.64. The van der Waals surface area contributed by atoms with Gasteiger partial charge in [0.1, 0.15) is 0 Å². The lowest BCUT2D eigenvalue weighted by molar-refractivity contribution is -0.121. The van der Waals surface area contributed by atoms with Crippen molar-refractivity contribution in [2.45, 2.75) is 12.3 Å². The Hall–Kier alpha value is -1.75. The van der Waals surface area contributed by atoms with Gasteiger partial charge in [-0.15, -0.1) is 0 Å². The molecule has 2 rings (SSSR count). The Morgan fingerprint density at radius 2 is 2.11 bits per heavy atom. The number of benzene rings is 1. The summed E-state index contributed by atoms with van der Waals surface area (Å²) in [6.45, 7) is 1.55. The molecule has 0 fully saturated rings. The minimum absolute atomic E-state index is 0.0907. The Balaban J connectivity index is 2.29. The van der Waals surface area contributed by atoms with E-state index in [0.29, 0.717) is 19.0 Å². The van der Waals surface area contributed by atoms with Crippen LogP contribution < -0.4 is 20.5 Å². The van der Waals surface area contributed by atoms with Gasteiger partial charge in [0, 0.05) is 20.0 Å². The molecule has 0 aromatic heterocycles. The summed E-state index contributed by atoms with van der Waals surface area (Å²) in [5.41, 5.74) is 6.50. The molecule has 1 aliphatic rings. The molecule has 1 heterocycles. The van der Waals surface area contributed by atoms with Gasteiger partial charge in [0.15, 0.2) is 11.5 Å². The Morgan fingerprint density at radius 1 is 1.39 bits per heavy atom. The Morgan fingerprint density at radius 3 is 2.78 bits per heavy atom. The summed E-state index contributed by atoms with van der Waals surface area (Å²) in [4.78, 5) is 11.7. The second-order valence-corrected chi connectivity index (χ2v) is 4.16. The first-order chi connectivity index (χ1) is 8.76. The van der Waals surface area contributed by atoms with Crippen LogP contribution in [-0.2, 0) is 4.79 Å². The predicted octanol–water partition coefficient (Wildman–Crippen LogP) is 0.636. The zero-order valence-electron chi connectivity index (χ0n) is 10.4. The van der Waals surface area contributed by atoms with Crippen LogP contribution in [-0.4, -0.2) is 32.7 Å². The number of ether oxygens (including phenoxy) is 2. The molecule has 1 aromatic carbocycles. The summed E-state index contributed by atoms with van der Waals surface area (Å²) in [5, 5.41) is 2.62. The first-order valence-corrected chi connectivity index (χ1v) is 6.07. The van der Waals surface area contributed by atoms with Crippen LogP contribution in [0.3, 0.4) is 0 Å². The van der Waals surface area contributed by atoms with E-state index in [1.54, 1.807) is 7.05 Å². The van der Waals surface area contributed by atoms with Crippen molar-refractivity contribution >= 4 is 5.91 Å². The van der Waals surface area contributed by atoms with Crippen LogP contribution >= 0.6 is 0 Å². The molecule has 1 amide bonds. The van der Waals surface area contributed by atoms with E-state index >= 15 is 0 Å². The minimum Gasteiger partial charge on any atom is -0.490 e. The number of nitrogens with one attached hydrogen (secondary N) is 1. The van der Waals surface area contributed by atoms with Gasteiger partial charge in [-0.3, -0.25) is 4.79 Å². The van der Waals surface area contributed by atoms with Crippen molar-refractivity contribution in [3.63, 3.8) is 0 Å². The average molecular weight is 250 g/mol. The summed E-state index contributed by atoms with van der Waals surface area (Å²) in [5.74, 6) is 0.968. The van der Waals surface area contributed by atoms with Crippen LogP contribution in [0.1, 0.15) is 17.9 Å². The molecule has 0 saturated heterocycles. The van der Waals surface area contributed by atoms with Crippen LogP contribution in [0.25, 0.3) is 0 Å². The molecule has 1 unspecified atom stereocenters. The van der Waals surface area contributed by atoms with Gasteiger partial charge in [-0.05, 0) is 17.7 Å². The highest BCUT2D eigenvalue weighted by atomic mass is 16.5. The van der Waals surface area contributed by atoms with Crippen molar-refractivity contribution in [2.24, 2.45) is 5.73 Å². The molecule has 0 aliphatic carbocycles. The van der Waals surface area contributed by atoms with Gasteiger partial charge in [0.05, 0.1) is 19.1 Å². The standard InChI is InChI=1S/C13H18N2O3/c1-15-13(16)10(8-14)9-3-4-11-12(7-9)18-6-2-5-17-11/h3-4,7,10H,2,5-6,8,14H2,1H3,(H,15,16). The van der Waals surface area contributed by atoms with Crippen molar-refractivity contribution in [3.8, 4) is 11.5 Å². The number of fused-ring (bicyclic) bond motifs is 1. The fourth-order valence-electron chi connectivity index (χ4n) is 1.97. The molecular weight excluding hydrogens is 232 g/mol. The van der Waals surface area contributed by atoms with Gasteiger partial charge in [-0.2, -0.15) is 0 Å². The fourth-order valence-corrected chi connectivity index (χ4v) is 1.97. The highest BCUT2D eigenvalue weighted by Gasteiger charge is 2.20. The summed E-state index contributed by atoms with van der Waals surface area (Å²) < 4.78 is 11.1. The number of carbonyl (C=O) groups excluding carboxylic acids is 1. The SMILES string of the molecule is CNC(=O)C(CN)c1ccc2c(c1)OCCCO2. The normalized spacial score (nSPS) is 15.7. The number of hydrogen-bond acceptors (Lipinski definition) is 4. The lowest BCUT2D eigenvalue weighted by Gasteiger charge is -2.15. The van der Waals surface area contributed by atoms with Crippen LogP contribution in [0, 0.1) is 0 Å². The van der Waals surface area contributed by atoms with Crippen LogP contribution in [0.4, 0.5) is 0 Å². The summed E-state index contributed by atoms with van der Waals surface area (Å²) in [6, 6.07) is 5.54. The van der Waals surface area contributed by atoms with Gasteiger partial charge in [0.25, 0.3) is 0 Å². The molecule has 1 aromatic rings. The van der Waals surface area contributed by atoms with Crippen molar-refractivity contribution in [1.82, 2.24) is 5.32 Å². The van der Waals surface area contributed by atoms with Crippen LogP contribution in [0.2, 0.25) is 0 Å². The lowest BCUT2D eigenvalue weighted by Crippen LogP contribution is -2.30. The van der Waals surface area contributed by atoms with E-state index in [1.165, 1.54) is 0 Å². The van der Waals surface area contributed by atoms with E-state index < -0.39 is 0 Å². The maximum Gasteiger partial charge on any atom is 0.228 e. The van der Waals surface area contributed by atoms with Gasteiger partial charge >= 0.3 is 0 Å². The van der Waals surface area contributed by atoms with Crippen molar-refractivity contribution in [3.05, 3.63) is 23.8 Å². The van der Waals surface area contributed by atoms with Gasteiger partial charge in [-0.25, -0.2) is 0 Å². The second-order valence-electron chi connectivity index (χ2n) is 4.16. The molecule has 5 heteroatoms. The third-order valence-corrected chi connectivity index (χ3v) is 2.97. The number of rotatable bonds is 3. The minimum atomic E-state index is -0.354. The second kappa shape index (κ2) is 5.73. The van der Waals surface area contributed by atoms with Gasteiger partial charge in [0.2, 0.25) is 5.91 Å². The molecule has 98 valence electrons. The third-order valence-electron chi connectivity index (χ3n) is 2.97. The lowest BCUT2D eigenvalue weighted by atomic mass is 9.98. The number of likely N-dealkylation sites (N-methyl/N-ethyl adjacent to an activating group) is 1. The molecular formula is C13H18N2O3. The summed E-state index contributed by atoms with van der Waals surface area (Å²) >= 11 is 0. The molecule has 3 N–H and O–H groups in total. The van der Waals surface area contributed by atoms with Crippen molar-refractivity contribution < 1.29 is 14.3 Å². The fraction of sp³-hybridized carbons (Fsp3) is 0.462. The van der Waals surface area contributed by atoms with E-state index in [-0.39, 0.29) is 18.4 Å². The Bertz CT molecular complexity index is 434. The van der Waals surface area contributed by atoms with E-state index in [4.69, 9.17) is 15.2 Å². The molecule has 0 bridgehead atoms. The summed E-state index contributed by atoms with van der Waals surface area (Å²) in [7, 11) is 1.61. The Kier molecular flexibility index (Phi) is 4.04. The molecule has 0 spiro atoms. The first kappa shape index (κ1) is 12.7. The number of amides is 1. The van der Waals surface area contributed by atoms with E-state index in [0.717, 1.165) is 17.7 Å². The highest BCUT2D eigenvalue weighted by molar-refractivity contribution is 5.83. The number of carbonyl (C=O) groups is 1. The molecule has 0 saturated carbocycles. The van der Waals surface area contributed by atoms with Crippen LogP contribution in [0.5, 0.6) is 11.5 Å². The van der Waals surface area contributed by atoms with E-state index in [9.17, 15) is 4.79 Å². The molecule has 1 atom stereocenters. The molecule has 5 nitrogen and oxygen atoms in total. The molecule has 1 aliphatic heterocycles. The number of nitrogens with two attached hydrogens (primary N) is 1. The Labute approximate surface area is 106 Å². The third kappa shape index (κ3) is 2.56. The maximum atomic E-state index is 11.7.